The molecule has 0 saturated carbocycles. The molecule has 1 atom stereocenters. The summed E-state index contributed by atoms with van der Waals surface area (Å²) in [5.41, 5.74) is 3.86. The number of Topliss-reactive ketones (excluding diaryl/α,β-unsaturated/α-hetero) is 1. The smallest absolute Gasteiger partial charge is 0.196 e. The third-order valence-corrected chi connectivity index (χ3v) is 4.78. The number of aryl methyl sites for hydroxylation is 2. The van der Waals surface area contributed by atoms with Crippen LogP contribution in [-0.4, -0.2) is 25.6 Å². The Balaban J connectivity index is 1.83. The van der Waals surface area contributed by atoms with Gasteiger partial charge >= 0.3 is 0 Å². The first kappa shape index (κ1) is 14.8. The van der Waals surface area contributed by atoms with Crippen LogP contribution in [0.1, 0.15) is 28.4 Å². The molecule has 0 aliphatic heterocycles. The summed E-state index contributed by atoms with van der Waals surface area (Å²) in [4.78, 5) is 12.6. The molecule has 2 heterocycles. The minimum atomic E-state index is -0.213. The van der Waals surface area contributed by atoms with E-state index in [0.717, 1.165) is 21.9 Å². The molecule has 0 aliphatic carbocycles. The highest BCUT2D eigenvalue weighted by Gasteiger charge is 2.19. The molecule has 0 N–H and O–H groups in total. The molecule has 3 aromatic rings. The number of nitrogens with zero attached hydrogens (tertiary/aromatic N) is 3. The average Bonchev–Trinajstić information content (AvgIpc) is 2.92. The van der Waals surface area contributed by atoms with E-state index in [2.05, 4.69) is 10.2 Å². The third-order valence-electron chi connectivity index (χ3n) is 3.73. The second-order valence-corrected chi connectivity index (χ2v) is 6.64. The third kappa shape index (κ3) is 2.76. The summed E-state index contributed by atoms with van der Waals surface area (Å²) in [5, 5.41) is 8.80. The number of pyridine rings is 1. The Hall–Kier alpha value is -2.14. The second-order valence-electron chi connectivity index (χ2n) is 5.33. The number of ketones is 1. The van der Waals surface area contributed by atoms with Gasteiger partial charge in [0, 0.05) is 11.8 Å². The van der Waals surface area contributed by atoms with Crippen LogP contribution >= 0.6 is 11.8 Å². The van der Waals surface area contributed by atoms with Crippen LogP contribution in [0.5, 0.6) is 0 Å². The zero-order chi connectivity index (χ0) is 15.7. The van der Waals surface area contributed by atoms with Gasteiger partial charge in [-0.05, 0) is 50.1 Å². The summed E-state index contributed by atoms with van der Waals surface area (Å²) in [7, 11) is 0. The number of rotatable bonds is 4. The highest BCUT2D eigenvalue weighted by atomic mass is 32.2. The van der Waals surface area contributed by atoms with Crippen LogP contribution in [0.4, 0.5) is 0 Å². The minimum Gasteiger partial charge on any atom is -0.293 e. The quantitative estimate of drug-likeness (QED) is 0.544. The molecule has 0 bridgehead atoms. The molecule has 112 valence electrons. The van der Waals surface area contributed by atoms with Gasteiger partial charge in [0.2, 0.25) is 0 Å². The van der Waals surface area contributed by atoms with Gasteiger partial charge in [0.05, 0.1) is 5.25 Å². The summed E-state index contributed by atoms with van der Waals surface area (Å²) in [6.07, 6.45) is 1.91. The van der Waals surface area contributed by atoms with Gasteiger partial charge in [0.25, 0.3) is 0 Å². The molecular formula is C17H17N3OS. The molecule has 22 heavy (non-hydrogen) atoms. The van der Waals surface area contributed by atoms with Crippen molar-refractivity contribution < 1.29 is 4.79 Å². The Labute approximate surface area is 133 Å². The highest BCUT2D eigenvalue weighted by molar-refractivity contribution is 8.00. The Morgan fingerprint density at radius 2 is 1.95 bits per heavy atom. The molecule has 4 nitrogen and oxygen atoms in total. The lowest BCUT2D eigenvalue weighted by Crippen LogP contribution is -2.14. The minimum absolute atomic E-state index is 0.112. The van der Waals surface area contributed by atoms with Crippen LogP contribution in [0, 0.1) is 13.8 Å². The molecule has 0 unspecified atom stereocenters. The fourth-order valence-electron chi connectivity index (χ4n) is 2.24. The van der Waals surface area contributed by atoms with Gasteiger partial charge in [0.15, 0.2) is 16.6 Å². The molecule has 1 aromatic carbocycles. The van der Waals surface area contributed by atoms with Crippen molar-refractivity contribution in [2.45, 2.75) is 31.2 Å². The standard InChI is InChI=1S/C17H17N3OS/c1-11-7-8-14(10-12(11)2)16(21)13(3)22-17-19-18-15-6-4-5-9-20(15)17/h4-10,13H,1-3H3/t13-/m1/s1. The first-order valence-electron chi connectivity index (χ1n) is 7.14. The van der Waals surface area contributed by atoms with Crippen molar-refractivity contribution in [3.8, 4) is 0 Å². The number of hydrogen-bond acceptors (Lipinski definition) is 4. The van der Waals surface area contributed by atoms with Crippen molar-refractivity contribution >= 4 is 23.2 Å². The monoisotopic (exact) mass is 311 g/mol. The van der Waals surface area contributed by atoms with Gasteiger partial charge < -0.3 is 0 Å². The van der Waals surface area contributed by atoms with E-state index >= 15 is 0 Å². The summed E-state index contributed by atoms with van der Waals surface area (Å²) < 4.78 is 1.90. The second kappa shape index (κ2) is 5.93. The van der Waals surface area contributed by atoms with Crippen molar-refractivity contribution in [1.29, 1.82) is 0 Å². The van der Waals surface area contributed by atoms with Crippen molar-refractivity contribution in [2.24, 2.45) is 0 Å². The Kier molecular flexibility index (Phi) is 3.98. The summed E-state index contributed by atoms with van der Waals surface area (Å²) >= 11 is 1.43. The highest BCUT2D eigenvalue weighted by Crippen LogP contribution is 2.25. The molecule has 2 aromatic heterocycles. The van der Waals surface area contributed by atoms with Crippen LogP contribution in [-0.2, 0) is 0 Å². The molecule has 0 spiro atoms. The zero-order valence-corrected chi connectivity index (χ0v) is 13.6. The molecular weight excluding hydrogens is 294 g/mol. The molecule has 0 saturated heterocycles. The first-order valence-corrected chi connectivity index (χ1v) is 8.02. The van der Waals surface area contributed by atoms with Crippen molar-refractivity contribution in [2.75, 3.05) is 0 Å². The van der Waals surface area contributed by atoms with Crippen LogP contribution in [0.2, 0.25) is 0 Å². The van der Waals surface area contributed by atoms with E-state index in [9.17, 15) is 4.79 Å². The van der Waals surface area contributed by atoms with Crippen LogP contribution in [0.3, 0.4) is 0 Å². The topological polar surface area (TPSA) is 47.3 Å². The van der Waals surface area contributed by atoms with E-state index in [1.165, 1.54) is 17.3 Å². The van der Waals surface area contributed by atoms with E-state index in [0.29, 0.717) is 0 Å². The summed E-state index contributed by atoms with van der Waals surface area (Å²) in [6, 6.07) is 11.6. The van der Waals surface area contributed by atoms with Crippen LogP contribution < -0.4 is 0 Å². The predicted molar refractivity (Wildman–Crippen MR) is 88.6 cm³/mol. The van der Waals surface area contributed by atoms with E-state index in [1.807, 2.05) is 67.8 Å². The number of hydrogen-bond donors (Lipinski definition) is 0. The van der Waals surface area contributed by atoms with Crippen LogP contribution in [0.25, 0.3) is 5.65 Å². The van der Waals surface area contributed by atoms with Crippen molar-refractivity contribution in [3.05, 3.63) is 59.3 Å². The largest absolute Gasteiger partial charge is 0.293 e. The van der Waals surface area contributed by atoms with Crippen molar-refractivity contribution in [3.63, 3.8) is 0 Å². The number of aromatic nitrogens is 3. The molecule has 0 fully saturated rings. The maximum Gasteiger partial charge on any atom is 0.196 e. The Morgan fingerprint density at radius 1 is 1.14 bits per heavy atom. The maximum atomic E-state index is 12.6. The van der Waals surface area contributed by atoms with Gasteiger partial charge in [-0.15, -0.1) is 10.2 Å². The maximum absolute atomic E-state index is 12.6. The number of thioether (sulfide) groups is 1. The Morgan fingerprint density at radius 3 is 2.73 bits per heavy atom. The van der Waals surface area contributed by atoms with Gasteiger partial charge in [-0.25, -0.2) is 0 Å². The summed E-state index contributed by atoms with van der Waals surface area (Å²) in [5.74, 6) is 0.112. The number of carbonyl (C=O) groups is 1. The van der Waals surface area contributed by atoms with E-state index < -0.39 is 0 Å². The van der Waals surface area contributed by atoms with Crippen molar-refractivity contribution in [1.82, 2.24) is 14.6 Å². The van der Waals surface area contributed by atoms with Crippen LogP contribution in [0.15, 0.2) is 47.8 Å². The lowest BCUT2D eigenvalue weighted by Gasteiger charge is -2.10. The van der Waals surface area contributed by atoms with E-state index in [1.54, 1.807) is 0 Å². The fourth-order valence-corrected chi connectivity index (χ4v) is 3.16. The molecule has 0 aliphatic rings. The zero-order valence-electron chi connectivity index (χ0n) is 12.8. The normalized spacial score (nSPS) is 12.5. The average molecular weight is 311 g/mol. The van der Waals surface area contributed by atoms with Gasteiger partial charge in [-0.2, -0.15) is 0 Å². The van der Waals surface area contributed by atoms with Gasteiger partial charge in [0.1, 0.15) is 0 Å². The lowest BCUT2D eigenvalue weighted by atomic mass is 10.0. The molecule has 3 rings (SSSR count). The van der Waals surface area contributed by atoms with Gasteiger partial charge in [-0.1, -0.05) is 30.0 Å². The number of fused-ring (bicyclic) bond motifs is 1. The number of carbonyl (C=O) groups excluding carboxylic acids is 1. The predicted octanol–water partition coefficient (Wildman–Crippen LogP) is 3.71. The van der Waals surface area contributed by atoms with E-state index in [-0.39, 0.29) is 11.0 Å². The first-order chi connectivity index (χ1) is 10.6. The SMILES string of the molecule is Cc1ccc(C(=O)[C@@H](C)Sc2nnc3ccccn23)cc1C. The van der Waals surface area contributed by atoms with Gasteiger partial charge in [-0.3, -0.25) is 9.20 Å². The molecule has 0 radical (unpaired) electrons. The molecule has 0 amide bonds. The number of benzene rings is 1. The fraction of sp³-hybridized carbons (Fsp3) is 0.235. The van der Waals surface area contributed by atoms with E-state index in [4.69, 9.17) is 0 Å². The molecule has 5 heteroatoms. The summed E-state index contributed by atoms with van der Waals surface area (Å²) in [6.45, 7) is 5.98. The lowest BCUT2D eigenvalue weighted by molar-refractivity contribution is 0.0994. The Bertz CT molecular complexity index is 841.